The molecule has 0 spiro atoms. The van der Waals surface area contributed by atoms with Crippen LogP contribution in [0, 0.1) is 0 Å². The average molecular weight is 267 g/mol. The van der Waals surface area contributed by atoms with Crippen molar-refractivity contribution in [3.8, 4) is 5.75 Å². The van der Waals surface area contributed by atoms with E-state index in [-0.39, 0.29) is 41.0 Å². The topological polar surface area (TPSA) is 74.6 Å². The monoisotopic (exact) mass is 266 g/mol. The fraction of sp³-hybridized carbons (Fsp3) is 0. The predicted molar refractivity (Wildman–Crippen MR) is 49.1 cm³/mol. The van der Waals surface area contributed by atoms with Crippen LogP contribution >= 0.6 is 23.2 Å². The fourth-order valence-corrected chi connectivity index (χ4v) is 1.84. The van der Waals surface area contributed by atoms with Crippen LogP contribution in [0.1, 0.15) is 1.43 Å². The van der Waals surface area contributed by atoms with Gasteiger partial charge in [0.25, 0.3) is 10.1 Å². The zero-order chi connectivity index (χ0) is 10.2. The fourth-order valence-electron chi connectivity index (χ4n) is 0.691. The first-order valence-electron chi connectivity index (χ1n) is 2.98. The molecule has 4 nitrogen and oxygen atoms in total. The van der Waals surface area contributed by atoms with E-state index in [2.05, 4.69) is 0 Å². The SMILES string of the molecule is O=S(=O)(O)c1cc(Cl)c(O)c(Cl)c1.[H-].[Na+]. The quantitative estimate of drug-likeness (QED) is 0.509. The Bertz CT molecular complexity index is 427. The van der Waals surface area contributed by atoms with E-state index in [0.29, 0.717) is 0 Å². The van der Waals surface area contributed by atoms with Crippen molar-refractivity contribution >= 4 is 33.3 Å². The molecule has 0 atom stereocenters. The van der Waals surface area contributed by atoms with Crippen LogP contribution in [0.3, 0.4) is 0 Å². The average Bonchev–Trinajstić information content (AvgIpc) is 1.97. The van der Waals surface area contributed by atoms with Crippen LogP contribution in [0.2, 0.25) is 10.0 Å². The third kappa shape index (κ3) is 3.27. The van der Waals surface area contributed by atoms with E-state index in [4.69, 9.17) is 32.9 Å². The van der Waals surface area contributed by atoms with E-state index in [1.165, 1.54) is 0 Å². The summed E-state index contributed by atoms with van der Waals surface area (Å²) in [6.07, 6.45) is 0. The Hall–Kier alpha value is 0.510. The molecule has 0 aromatic heterocycles. The number of rotatable bonds is 1. The largest absolute Gasteiger partial charge is 1.00 e. The molecule has 0 unspecified atom stereocenters. The third-order valence-corrected chi connectivity index (χ3v) is 2.70. The van der Waals surface area contributed by atoms with E-state index in [1.54, 1.807) is 0 Å². The van der Waals surface area contributed by atoms with Gasteiger partial charge < -0.3 is 6.53 Å². The molecule has 0 amide bonds. The Kier molecular flexibility index (Phi) is 5.21. The molecule has 2 N–H and O–H groups in total. The maximum Gasteiger partial charge on any atom is 1.00 e. The van der Waals surface area contributed by atoms with Gasteiger partial charge in [-0.15, -0.1) is 0 Å². The van der Waals surface area contributed by atoms with Gasteiger partial charge in [-0.2, -0.15) is 8.42 Å². The van der Waals surface area contributed by atoms with Crippen molar-refractivity contribution < 1.29 is 49.1 Å². The molecular weight excluding hydrogens is 262 g/mol. The molecule has 1 aromatic rings. The summed E-state index contributed by atoms with van der Waals surface area (Å²) in [5, 5.41) is 8.58. The first-order valence-corrected chi connectivity index (χ1v) is 5.17. The summed E-state index contributed by atoms with van der Waals surface area (Å²) in [6.45, 7) is 0. The second-order valence-electron chi connectivity index (χ2n) is 2.21. The van der Waals surface area contributed by atoms with Crippen molar-refractivity contribution in [1.29, 1.82) is 0 Å². The summed E-state index contributed by atoms with van der Waals surface area (Å²) in [4.78, 5) is -0.458. The number of hydrogen-bond donors (Lipinski definition) is 2. The van der Waals surface area contributed by atoms with Crippen molar-refractivity contribution in [2.24, 2.45) is 0 Å². The number of hydrogen-bond acceptors (Lipinski definition) is 3. The van der Waals surface area contributed by atoms with Crippen LogP contribution in [-0.2, 0) is 10.1 Å². The Morgan fingerprint density at radius 2 is 1.57 bits per heavy atom. The molecule has 0 saturated carbocycles. The molecule has 0 aliphatic carbocycles. The van der Waals surface area contributed by atoms with Crippen LogP contribution in [-0.4, -0.2) is 18.1 Å². The van der Waals surface area contributed by atoms with Gasteiger partial charge in [0, 0.05) is 0 Å². The molecule has 0 fully saturated rings. The molecule has 0 aliphatic rings. The minimum Gasteiger partial charge on any atom is -1.00 e. The van der Waals surface area contributed by atoms with E-state index in [0.717, 1.165) is 12.1 Å². The van der Waals surface area contributed by atoms with Crippen LogP contribution < -0.4 is 29.6 Å². The van der Waals surface area contributed by atoms with Crippen LogP contribution in [0.4, 0.5) is 0 Å². The van der Waals surface area contributed by atoms with Crippen LogP contribution in [0.15, 0.2) is 17.0 Å². The Morgan fingerprint density at radius 3 is 1.86 bits per heavy atom. The maximum absolute atomic E-state index is 10.6. The molecule has 14 heavy (non-hydrogen) atoms. The standard InChI is InChI=1S/C6H4Cl2O4S.Na.H/c7-4-1-3(13(10,11)12)2-5(8)6(4)9;;/h1-2,9H,(H,10,11,12);;/q;+1;-1. The van der Waals surface area contributed by atoms with Crippen molar-refractivity contribution in [3.05, 3.63) is 22.2 Å². The van der Waals surface area contributed by atoms with Gasteiger partial charge in [0.15, 0.2) is 5.75 Å². The molecule has 8 heteroatoms. The minimum absolute atomic E-state index is 0. The Morgan fingerprint density at radius 1 is 1.21 bits per heavy atom. The number of phenols is 1. The van der Waals surface area contributed by atoms with Crippen molar-refractivity contribution in [2.75, 3.05) is 0 Å². The van der Waals surface area contributed by atoms with Gasteiger partial charge in [0.1, 0.15) is 0 Å². The van der Waals surface area contributed by atoms with Gasteiger partial charge in [0.2, 0.25) is 0 Å². The van der Waals surface area contributed by atoms with E-state index in [1.807, 2.05) is 0 Å². The molecule has 0 heterocycles. The number of halogens is 2. The Balaban J connectivity index is 0. The molecule has 1 aromatic carbocycles. The summed E-state index contributed by atoms with van der Waals surface area (Å²) in [7, 11) is -4.34. The van der Waals surface area contributed by atoms with Gasteiger partial charge in [0.05, 0.1) is 14.9 Å². The minimum atomic E-state index is -4.34. The smallest absolute Gasteiger partial charge is 1.00 e. The second kappa shape index (κ2) is 5.03. The Labute approximate surface area is 114 Å². The van der Waals surface area contributed by atoms with Gasteiger partial charge in [-0.05, 0) is 12.1 Å². The van der Waals surface area contributed by atoms with E-state index in [9.17, 15) is 8.42 Å². The normalized spacial score (nSPS) is 10.8. The maximum atomic E-state index is 10.6. The van der Waals surface area contributed by atoms with Crippen molar-refractivity contribution in [3.63, 3.8) is 0 Å². The van der Waals surface area contributed by atoms with Gasteiger partial charge >= 0.3 is 29.6 Å². The molecular formula is C6H5Cl2NaO4S. The van der Waals surface area contributed by atoms with E-state index >= 15 is 0 Å². The summed E-state index contributed by atoms with van der Waals surface area (Å²) in [5.41, 5.74) is 0. The number of phenolic OH excluding ortho intramolecular Hbond substituents is 1. The van der Waals surface area contributed by atoms with Crippen molar-refractivity contribution in [2.45, 2.75) is 4.90 Å². The first kappa shape index (κ1) is 14.5. The van der Waals surface area contributed by atoms with E-state index < -0.39 is 20.8 Å². The van der Waals surface area contributed by atoms with Gasteiger partial charge in [-0.1, -0.05) is 23.2 Å². The van der Waals surface area contributed by atoms with Gasteiger partial charge in [-0.25, -0.2) is 0 Å². The predicted octanol–water partition coefficient (Wildman–Crippen LogP) is -0.938. The molecule has 0 bridgehead atoms. The summed E-state index contributed by atoms with van der Waals surface area (Å²) >= 11 is 10.8. The zero-order valence-electron chi connectivity index (χ0n) is 8.03. The number of benzene rings is 1. The van der Waals surface area contributed by atoms with Gasteiger partial charge in [-0.3, -0.25) is 4.55 Å². The number of aromatic hydroxyl groups is 1. The van der Waals surface area contributed by atoms with Crippen LogP contribution in [0.5, 0.6) is 5.75 Å². The second-order valence-corrected chi connectivity index (χ2v) is 4.45. The molecule has 0 saturated heterocycles. The van der Waals surface area contributed by atoms with Crippen molar-refractivity contribution in [1.82, 2.24) is 0 Å². The summed E-state index contributed by atoms with van der Waals surface area (Å²) in [6, 6.07) is 1.80. The first-order chi connectivity index (χ1) is 5.82. The zero-order valence-corrected chi connectivity index (χ0v) is 11.4. The molecule has 1 rings (SSSR count). The molecule has 0 radical (unpaired) electrons. The van der Waals surface area contributed by atoms with Crippen LogP contribution in [0.25, 0.3) is 0 Å². The molecule has 0 aliphatic heterocycles. The third-order valence-electron chi connectivity index (χ3n) is 1.29. The summed E-state index contributed by atoms with van der Waals surface area (Å²) in [5.74, 6) is -0.421. The molecule has 74 valence electrons. The summed E-state index contributed by atoms with van der Waals surface area (Å²) < 4.78 is 29.8.